The molecular formula is C6H11NO2. The van der Waals surface area contributed by atoms with Crippen molar-refractivity contribution in [2.45, 2.75) is 19.9 Å². The van der Waals surface area contributed by atoms with Crippen molar-refractivity contribution in [2.24, 2.45) is 10.9 Å². The zero-order valence-corrected chi connectivity index (χ0v) is 5.66. The van der Waals surface area contributed by atoms with Crippen LogP contribution in [0.1, 0.15) is 13.8 Å². The van der Waals surface area contributed by atoms with Crippen LogP contribution in [0.2, 0.25) is 0 Å². The van der Waals surface area contributed by atoms with Gasteiger partial charge in [0.2, 0.25) is 6.08 Å². The van der Waals surface area contributed by atoms with Crippen molar-refractivity contribution in [1.29, 1.82) is 0 Å². The highest BCUT2D eigenvalue weighted by Crippen LogP contribution is 2.03. The van der Waals surface area contributed by atoms with E-state index in [0.717, 1.165) is 0 Å². The lowest BCUT2D eigenvalue weighted by molar-refractivity contribution is 0.239. The van der Waals surface area contributed by atoms with Gasteiger partial charge in [-0.05, 0) is 5.92 Å². The number of carbonyl (C=O) groups excluding carboxylic acids is 1. The van der Waals surface area contributed by atoms with Gasteiger partial charge in [-0.15, -0.1) is 0 Å². The van der Waals surface area contributed by atoms with Crippen LogP contribution in [0.5, 0.6) is 0 Å². The first-order valence-electron chi connectivity index (χ1n) is 2.90. The molecule has 0 heterocycles. The lowest BCUT2D eigenvalue weighted by Crippen LogP contribution is -2.16. The Labute approximate surface area is 54.4 Å². The van der Waals surface area contributed by atoms with Crippen LogP contribution in [0, 0.1) is 5.92 Å². The third-order valence-corrected chi connectivity index (χ3v) is 1.18. The summed E-state index contributed by atoms with van der Waals surface area (Å²) in [5, 5.41) is 8.55. The zero-order chi connectivity index (χ0) is 7.28. The van der Waals surface area contributed by atoms with E-state index in [0.29, 0.717) is 0 Å². The number of aliphatic hydroxyl groups excluding tert-OH is 1. The second kappa shape index (κ2) is 4.24. The van der Waals surface area contributed by atoms with Crippen LogP contribution in [0.25, 0.3) is 0 Å². The summed E-state index contributed by atoms with van der Waals surface area (Å²) in [5.74, 6) is 0.205. The van der Waals surface area contributed by atoms with Gasteiger partial charge in [-0.3, -0.25) is 0 Å². The highest BCUT2D eigenvalue weighted by atomic mass is 16.3. The number of aliphatic hydroxyl groups is 1. The van der Waals surface area contributed by atoms with Gasteiger partial charge in [0.25, 0.3) is 0 Å². The Hall–Kier alpha value is -0.660. The van der Waals surface area contributed by atoms with Crippen LogP contribution < -0.4 is 0 Å². The molecule has 1 N–H and O–H groups in total. The molecule has 0 radical (unpaired) electrons. The van der Waals surface area contributed by atoms with Gasteiger partial charge in [0, 0.05) is 0 Å². The Balaban J connectivity index is 3.82. The summed E-state index contributed by atoms with van der Waals surface area (Å²) in [7, 11) is 0. The average molecular weight is 129 g/mol. The largest absolute Gasteiger partial charge is 0.394 e. The van der Waals surface area contributed by atoms with Gasteiger partial charge >= 0.3 is 0 Å². The summed E-state index contributed by atoms with van der Waals surface area (Å²) in [6.07, 6.45) is 1.42. The number of isocyanates is 1. The van der Waals surface area contributed by atoms with Crippen molar-refractivity contribution in [2.75, 3.05) is 6.61 Å². The first-order chi connectivity index (χ1) is 4.22. The minimum Gasteiger partial charge on any atom is -0.394 e. The maximum absolute atomic E-state index is 9.68. The van der Waals surface area contributed by atoms with E-state index < -0.39 is 0 Å². The molecule has 0 unspecified atom stereocenters. The maximum Gasteiger partial charge on any atom is 0.235 e. The molecule has 0 aliphatic rings. The van der Waals surface area contributed by atoms with E-state index in [9.17, 15) is 4.79 Å². The normalized spacial score (nSPS) is 12.9. The monoisotopic (exact) mass is 129 g/mol. The fraction of sp³-hybridized carbons (Fsp3) is 0.833. The van der Waals surface area contributed by atoms with E-state index in [1.165, 1.54) is 6.08 Å². The minimum absolute atomic E-state index is 0.0765. The molecule has 52 valence electrons. The fourth-order valence-corrected chi connectivity index (χ4v) is 0.468. The molecule has 0 saturated carbocycles. The minimum atomic E-state index is -0.275. The van der Waals surface area contributed by atoms with Crippen molar-refractivity contribution in [3.63, 3.8) is 0 Å². The van der Waals surface area contributed by atoms with Crippen molar-refractivity contribution < 1.29 is 9.90 Å². The molecule has 3 nitrogen and oxygen atoms in total. The Morgan fingerprint density at radius 1 is 1.67 bits per heavy atom. The Morgan fingerprint density at radius 3 is 2.33 bits per heavy atom. The van der Waals surface area contributed by atoms with Crippen molar-refractivity contribution in [3.05, 3.63) is 0 Å². The van der Waals surface area contributed by atoms with E-state index in [1.807, 2.05) is 13.8 Å². The number of nitrogens with zero attached hydrogens (tertiary/aromatic N) is 1. The van der Waals surface area contributed by atoms with Crippen LogP contribution in [0.15, 0.2) is 4.99 Å². The lowest BCUT2D eigenvalue weighted by atomic mass is 10.1. The molecule has 0 aliphatic carbocycles. The van der Waals surface area contributed by atoms with Gasteiger partial charge in [0.15, 0.2) is 0 Å². The standard InChI is InChI=1S/C6H11NO2/c1-5(2)6(3-8)7-4-9/h5-6,8H,3H2,1-2H3/t6-/m1/s1. The van der Waals surface area contributed by atoms with Crippen molar-refractivity contribution >= 4 is 6.08 Å². The number of rotatable bonds is 3. The molecule has 3 heteroatoms. The fourth-order valence-electron chi connectivity index (χ4n) is 0.468. The average Bonchev–Trinajstić information content (AvgIpc) is 1.82. The smallest absolute Gasteiger partial charge is 0.235 e. The summed E-state index contributed by atoms with van der Waals surface area (Å²) in [6.45, 7) is 3.70. The van der Waals surface area contributed by atoms with Crippen LogP contribution in [0.3, 0.4) is 0 Å². The summed E-state index contributed by atoms with van der Waals surface area (Å²) >= 11 is 0. The Bertz CT molecular complexity index is 116. The highest BCUT2D eigenvalue weighted by molar-refractivity contribution is 5.33. The van der Waals surface area contributed by atoms with E-state index in [2.05, 4.69) is 4.99 Å². The summed E-state index contributed by atoms with van der Waals surface area (Å²) < 4.78 is 0. The predicted molar refractivity (Wildman–Crippen MR) is 33.8 cm³/mol. The van der Waals surface area contributed by atoms with Gasteiger partial charge in [-0.25, -0.2) is 4.79 Å². The number of hydrogen-bond donors (Lipinski definition) is 1. The molecule has 0 spiro atoms. The predicted octanol–water partition coefficient (Wildman–Crippen LogP) is 0.339. The first kappa shape index (κ1) is 8.34. The van der Waals surface area contributed by atoms with Gasteiger partial charge < -0.3 is 5.11 Å². The third-order valence-electron chi connectivity index (χ3n) is 1.18. The molecule has 0 aromatic heterocycles. The molecule has 1 atom stereocenters. The van der Waals surface area contributed by atoms with E-state index in [1.54, 1.807) is 0 Å². The Morgan fingerprint density at radius 2 is 2.22 bits per heavy atom. The molecule has 0 fully saturated rings. The first-order valence-corrected chi connectivity index (χ1v) is 2.90. The van der Waals surface area contributed by atoms with E-state index >= 15 is 0 Å². The molecule has 0 aromatic rings. The molecule has 9 heavy (non-hydrogen) atoms. The molecular weight excluding hydrogens is 118 g/mol. The van der Waals surface area contributed by atoms with Crippen molar-refractivity contribution in [1.82, 2.24) is 0 Å². The van der Waals surface area contributed by atoms with E-state index in [-0.39, 0.29) is 18.6 Å². The molecule has 0 rings (SSSR count). The summed E-state index contributed by atoms with van der Waals surface area (Å²) in [5.41, 5.74) is 0. The second-order valence-electron chi connectivity index (χ2n) is 2.21. The lowest BCUT2D eigenvalue weighted by Gasteiger charge is -2.09. The topological polar surface area (TPSA) is 49.7 Å². The molecule has 0 aliphatic heterocycles. The quantitative estimate of drug-likeness (QED) is 0.441. The maximum atomic E-state index is 9.68. The molecule has 0 saturated heterocycles. The second-order valence-corrected chi connectivity index (χ2v) is 2.21. The number of aliphatic imine (C=N–C) groups is 1. The third kappa shape index (κ3) is 3.01. The van der Waals surface area contributed by atoms with Gasteiger partial charge in [0.1, 0.15) is 0 Å². The van der Waals surface area contributed by atoms with Crippen molar-refractivity contribution in [3.8, 4) is 0 Å². The van der Waals surface area contributed by atoms with Gasteiger partial charge in [0.05, 0.1) is 12.6 Å². The molecule has 0 amide bonds. The zero-order valence-electron chi connectivity index (χ0n) is 5.66. The van der Waals surface area contributed by atoms with Crippen LogP contribution in [-0.2, 0) is 4.79 Å². The molecule has 0 aromatic carbocycles. The summed E-state index contributed by atoms with van der Waals surface area (Å²) in [6, 6.07) is -0.275. The van der Waals surface area contributed by atoms with Crippen LogP contribution in [0.4, 0.5) is 0 Å². The summed E-state index contributed by atoms with van der Waals surface area (Å²) in [4.78, 5) is 13.1. The highest BCUT2D eigenvalue weighted by Gasteiger charge is 2.08. The molecule has 0 bridgehead atoms. The van der Waals surface area contributed by atoms with E-state index in [4.69, 9.17) is 5.11 Å². The Kier molecular flexibility index (Phi) is 3.93. The van der Waals surface area contributed by atoms with Gasteiger partial charge in [-0.1, -0.05) is 13.8 Å². The van der Waals surface area contributed by atoms with Crippen LogP contribution >= 0.6 is 0 Å². The number of hydrogen-bond acceptors (Lipinski definition) is 3. The van der Waals surface area contributed by atoms with Crippen LogP contribution in [-0.4, -0.2) is 23.8 Å². The van der Waals surface area contributed by atoms with Gasteiger partial charge in [-0.2, -0.15) is 4.99 Å². The SMILES string of the molecule is CC(C)[C@@H](CO)N=C=O.